The number of rotatable bonds is 6. The van der Waals surface area contributed by atoms with E-state index in [2.05, 4.69) is 19.2 Å². The van der Waals surface area contributed by atoms with Crippen LogP contribution < -0.4 is 5.32 Å². The van der Waals surface area contributed by atoms with Crippen molar-refractivity contribution in [3.8, 4) is 0 Å². The van der Waals surface area contributed by atoms with Crippen LogP contribution in [0.4, 0.5) is 0 Å². The van der Waals surface area contributed by atoms with Crippen molar-refractivity contribution < 1.29 is 13.9 Å². The third-order valence-corrected chi connectivity index (χ3v) is 3.28. The van der Waals surface area contributed by atoms with Gasteiger partial charge < -0.3 is 14.5 Å². The average molecular weight is 289 g/mol. The van der Waals surface area contributed by atoms with Gasteiger partial charge in [-0.1, -0.05) is 32.0 Å². The average Bonchev–Trinajstić information content (AvgIpc) is 2.88. The van der Waals surface area contributed by atoms with Crippen molar-refractivity contribution in [1.29, 1.82) is 0 Å². The largest absolute Gasteiger partial charge is 0.459 e. The molecule has 0 aliphatic rings. The Labute approximate surface area is 125 Å². The number of hydrogen-bond donors (Lipinski definition) is 1. The third kappa shape index (κ3) is 4.08. The number of nitrogens with one attached hydrogen (secondary N) is 1. The van der Waals surface area contributed by atoms with Gasteiger partial charge in [0.15, 0.2) is 0 Å². The van der Waals surface area contributed by atoms with Gasteiger partial charge in [-0.25, -0.2) is 0 Å². The van der Waals surface area contributed by atoms with Crippen molar-refractivity contribution in [3.63, 3.8) is 0 Å². The topological polar surface area (TPSA) is 51.5 Å². The van der Waals surface area contributed by atoms with Crippen molar-refractivity contribution in [2.45, 2.75) is 39.8 Å². The number of carbonyl (C=O) groups is 1. The summed E-state index contributed by atoms with van der Waals surface area (Å²) >= 11 is 0. The molecule has 0 aliphatic heterocycles. The molecule has 1 aromatic heterocycles. The molecule has 4 heteroatoms. The number of ether oxygens (including phenoxy) is 1. The fraction of sp³-hybridized carbons (Fsp3) is 0.471. The van der Waals surface area contributed by atoms with Gasteiger partial charge in [-0.15, -0.1) is 0 Å². The maximum absolute atomic E-state index is 12.1. The van der Waals surface area contributed by atoms with Gasteiger partial charge in [0.2, 0.25) is 5.91 Å². The molecule has 0 bridgehead atoms. The number of carbonyl (C=O) groups excluding carboxylic acids is 1. The maximum Gasteiger partial charge on any atom is 0.249 e. The highest BCUT2D eigenvalue weighted by molar-refractivity contribution is 5.81. The summed E-state index contributed by atoms with van der Waals surface area (Å²) in [4.78, 5) is 12.1. The van der Waals surface area contributed by atoms with Crippen LogP contribution in [0.2, 0.25) is 0 Å². The van der Waals surface area contributed by atoms with Gasteiger partial charge in [-0.2, -0.15) is 0 Å². The molecule has 0 fully saturated rings. The minimum atomic E-state index is -0.459. The predicted molar refractivity (Wildman–Crippen MR) is 83.0 cm³/mol. The molecule has 0 saturated heterocycles. The Morgan fingerprint density at radius 1 is 1.24 bits per heavy atom. The fourth-order valence-corrected chi connectivity index (χ4v) is 2.03. The highest BCUT2D eigenvalue weighted by Crippen LogP contribution is 2.23. The highest BCUT2D eigenvalue weighted by Gasteiger charge is 2.19. The van der Waals surface area contributed by atoms with E-state index < -0.39 is 6.10 Å². The van der Waals surface area contributed by atoms with Crippen LogP contribution in [0.5, 0.6) is 0 Å². The third-order valence-electron chi connectivity index (χ3n) is 3.28. The van der Waals surface area contributed by atoms with Crippen LogP contribution in [0.25, 0.3) is 11.0 Å². The molecule has 21 heavy (non-hydrogen) atoms. The summed E-state index contributed by atoms with van der Waals surface area (Å²) in [6.45, 7) is 8.37. The van der Waals surface area contributed by atoms with Crippen LogP contribution in [-0.2, 0) is 9.53 Å². The zero-order valence-corrected chi connectivity index (χ0v) is 13.1. The van der Waals surface area contributed by atoms with Gasteiger partial charge in [-0.05, 0) is 31.9 Å². The molecule has 2 unspecified atom stereocenters. The Hall–Kier alpha value is -1.81. The molecular weight excluding hydrogens is 266 g/mol. The Morgan fingerprint density at radius 3 is 2.62 bits per heavy atom. The molecule has 114 valence electrons. The lowest BCUT2D eigenvalue weighted by molar-refractivity contribution is -0.133. The molecule has 0 spiro atoms. The molecule has 2 aromatic rings. The van der Waals surface area contributed by atoms with Gasteiger partial charge >= 0.3 is 0 Å². The second-order valence-electron chi connectivity index (χ2n) is 5.79. The molecule has 0 radical (unpaired) electrons. The van der Waals surface area contributed by atoms with E-state index in [1.165, 1.54) is 0 Å². The predicted octanol–water partition coefficient (Wildman–Crippen LogP) is 3.67. The van der Waals surface area contributed by atoms with E-state index in [0.717, 1.165) is 16.7 Å². The van der Waals surface area contributed by atoms with Gasteiger partial charge in [0.05, 0.1) is 6.04 Å². The second-order valence-corrected chi connectivity index (χ2v) is 5.79. The lowest BCUT2D eigenvalue weighted by Gasteiger charge is -2.17. The van der Waals surface area contributed by atoms with Crippen LogP contribution in [0.3, 0.4) is 0 Å². The summed E-state index contributed by atoms with van der Waals surface area (Å²) in [5.74, 6) is 1.04. The number of benzene rings is 1. The highest BCUT2D eigenvalue weighted by atomic mass is 16.5. The molecule has 2 atom stereocenters. The minimum Gasteiger partial charge on any atom is -0.459 e. The SMILES string of the molecule is CC(C)COC(C)C(=O)NC(C)c1cc2ccccc2o1. The molecule has 1 aromatic carbocycles. The zero-order chi connectivity index (χ0) is 15.4. The molecule has 1 amide bonds. The van der Waals surface area contributed by atoms with E-state index >= 15 is 0 Å². The van der Waals surface area contributed by atoms with E-state index in [-0.39, 0.29) is 11.9 Å². The summed E-state index contributed by atoms with van der Waals surface area (Å²) in [5, 5.41) is 3.96. The summed E-state index contributed by atoms with van der Waals surface area (Å²) in [7, 11) is 0. The van der Waals surface area contributed by atoms with E-state index in [9.17, 15) is 4.79 Å². The first-order chi connectivity index (χ1) is 9.97. The van der Waals surface area contributed by atoms with E-state index in [1.807, 2.05) is 37.3 Å². The molecule has 2 rings (SSSR count). The minimum absolute atomic E-state index is 0.122. The van der Waals surface area contributed by atoms with Crippen molar-refractivity contribution >= 4 is 16.9 Å². The Bertz CT molecular complexity index is 570. The first kappa shape index (κ1) is 15.6. The van der Waals surface area contributed by atoms with Crippen molar-refractivity contribution in [1.82, 2.24) is 5.32 Å². The second kappa shape index (κ2) is 6.76. The van der Waals surface area contributed by atoms with Gasteiger partial charge in [0.1, 0.15) is 17.4 Å². The normalized spacial score (nSPS) is 14.3. The molecule has 0 saturated carbocycles. The number of amides is 1. The monoisotopic (exact) mass is 289 g/mol. The number of furan rings is 1. The van der Waals surface area contributed by atoms with Gasteiger partial charge in [-0.3, -0.25) is 4.79 Å². The maximum atomic E-state index is 12.1. The van der Waals surface area contributed by atoms with Crippen LogP contribution >= 0.6 is 0 Å². The molecule has 4 nitrogen and oxygen atoms in total. The Kier molecular flexibility index (Phi) is 5.02. The number of para-hydroxylation sites is 1. The summed E-state index contributed by atoms with van der Waals surface area (Å²) in [6.07, 6.45) is -0.459. The van der Waals surface area contributed by atoms with E-state index in [4.69, 9.17) is 9.15 Å². The van der Waals surface area contributed by atoms with E-state index in [0.29, 0.717) is 12.5 Å². The Morgan fingerprint density at radius 2 is 1.95 bits per heavy atom. The standard InChI is InChI=1S/C17H23NO3/c1-11(2)10-20-13(4)17(19)18-12(3)16-9-14-7-5-6-8-15(14)21-16/h5-9,11-13H,10H2,1-4H3,(H,18,19). The van der Waals surface area contributed by atoms with E-state index in [1.54, 1.807) is 6.92 Å². The summed E-state index contributed by atoms with van der Waals surface area (Å²) < 4.78 is 11.3. The molecule has 0 aliphatic carbocycles. The Balaban J connectivity index is 1.96. The smallest absolute Gasteiger partial charge is 0.249 e. The van der Waals surface area contributed by atoms with Crippen LogP contribution in [0.15, 0.2) is 34.7 Å². The van der Waals surface area contributed by atoms with Crippen molar-refractivity contribution in [2.75, 3.05) is 6.61 Å². The fourth-order valence-electron chi connectivity index (χ4n) is 2.03. The first-order valence-corrected chi connectivity index (χ1v) is 7.38. The lowest BCUT2D eigenvalue weighted by atomic mass is 10.2. The van der Waals surface area contributed by atoms with Crippen LogP contribution in [0.1, 0.15) is 39.5 Å². The van der Waals surface area contributed by atoms with Crippen LogP contribution in [-0.4, -0.2) is 18.6 Å². The zero-order valence-electron chi connectivity index (χ0n) is 13.1. The lowest BCUT2D eigenvalue weighted by Crippen LogP contribution is -2.36. The van der Waals surface area contributed by atoms with Crippen LogP contribution in [0, 0.1) is 5.92 Å². The molecule has 1 N–H and O–H groups in total. The first-order valence-electron chi connectivity index (χ1n) is 7.38. The van der Waals surface area contributed by atoms with Crippen molar-refractivity contribution in [2.24, 2.45) is 5.92 Å². The number of fused-ring (bicyclic) bond motifs is 1. The summed E-state index contributed by atoms with van der Waals surface area (Å²) in [6, 6.07) is 9.58. The quantitative estimate of drug-likeness (QED) is 0.882. The number of hydrogen-bond acceptors (Lipinski definition) is 3. The van der Waals surface area contributed by atoms with Gasteiger partial charge in [0, 0.05) is 12.0 Å². The van der Waals surface area contributed by atoms with Gasteiger partial charge in [0.25, 0.3) is 0 Å². The summed E-state index contributed by atoms with van der Waals surface area (Å²) in [5.41, 5.74) is 0.831. The van der Waals surface area contributed by atoms with Crippen molar-refractivity contribution in [3.05, 3.63) is 36.1 Å². The molecule has 1 heterocycles. The molecular formula is C17H23NO3.